The van der Waals surface area contributed by atoms with Crippen molar-refractivity contribution < 1.29 is 8.42 Å². The van der Waals surface area contributed by atoms with Gasteiger partial charge in [-0.3, -0.25) is 4.68 Å². The minimum atomic E-state index is -3.25. The first-order chi connectivity index (χ1) is 12.5. The Balaban J connectivity index is 1.54. The Kier molecular flexibility index (Phi) is 6.11. The molecule has 2 aromatic rings. The van der Waals surface area contributed by atoms with Gasteiger partial charge in [0.15, 0.2) is 0 Å². The van der Waals surface area contributed by atoms with E-state index < -0.39 is 10.0 Å². The molecule has 3 rings (SSSR count). The van der Waals surface area contributed by atoms with Crippen LogP contribution in [0.3, 0.4) is 0 Å². The first-order valence-corrected chi connectivity index (χ1v) is 10.9. The molecule has 26 heavy (non-hydrogen) atoms. The number of benzene rings is 1. The van der Waals surface area contributed by atoms with E-state index in [9.17, 15) is 8.42 Å². The van der Waals surface area contributed by atoms with Gasteiger partial charge in [0.1, 0.15) is 0 Å². The third kappa shape index (κ3) is 4.52. The van der Waals surface area contributed by atoms with Crippen LogP contribution in [0, 0.1) is 0 Å². The van der Waals surface area contributed by atoms with Crippen molar-refractivity contribution in [3.05, 3.63) is 53.9 Å². The Labute approximate surface area is 156 Å². The molecular weight excluding hydrogens is 348 g/mol. The molecule has 0 saturated carbocycles. The van der Waals surface area contributed by atoms with Gasteiger partial charge in [0.25, 0.3) is 0 Å². The molecule has 1 aromatic heterocycles. The first kappa shape index (κ1) is 19.1. The van der Waals surface area contributed by atoms with E-state index in [-0.39, 0.29) is 11.8 Å². The average Bonchev–Trinajstić information content (AvgIpc) is 3.11. The Bertz CT molecular complexity index is 796. The van der Waals surface area contributed by atoms with Crippen molar-refractivity contribution in [1.29, 1.82) is 0 Å². The molecule has 0 radical (unpaired) electrons. The van der Waals surface area contributed by atoms with Crippen molar-refractivity contribution >= 4 is 10.0 Å². The lowest BCUT2D eigenvalue weighted by Crippen LogP contribution is -2.45. The predicted molar refractivity (Wildman–Crippen MR) is 103 cm³/mol. The van der Waals surface area contributed by atoms with Gasteiger partial charge in [0, 0.05) is 37.9 Å². The summed E-state index contributed by atoms with van der Waals surface area (Å²) in [6.45, 7) is 6.23. The van der Waals surface area contributed by atoms with Gasteiger partial charge < -0.3 is 5.32 Å². The number of hydrogen-bond acceptors (Lipinski definition) is 4. The van der Waals surface area contributed by atoms with Crippen molar-refractivity contribution in [3.8, 4) is 0 Å². The normalized spacial score (nSPS) is 18.1. The molecule has 1 saturated heterocycles. The molecule has 7 heteroatoms. The number of hydrogen-bond donors (Lipinski definition) is 1. The number of nitrogens with one attached hydrogen (secondary N) is 1. The summed E-state index contributed by atoms with van der Waals surface area (Å²) >= 11 is 0. The second kappa shape index (κ2) is 8.33. The number of aryl methyl sites for hydroxylation is 1. The summed E-state index contributed by atoms with van der Waals surface area (Å²) in [4.78, 5) is 0. The van der Waals surface area contributed by atoms with Gasteiger partial charge in [0.2, 0.25) is 10.0 Å². The maximum absolute atomic E-state index is 12.6. The highest BCUT2D eigenvalue weighted by Gasteiger charge is 2.29. The third-order valence-corrected chi connectivity index (χ3v) is 6.87. The highest BCUT2D eigenvalue weighted by atomic mass is 32.2. The number of piperidine rings is 1. The summed E-state index contributed by atoms with van der Waals surface area (Å²) in [7, 11) is -3.25. The minimum absolute atomic E-state index is 0.0814. The molecule has 1 unspecified atom stereocenters. The number of sulfonamides is 1. The number of nitrogens with zero attached hydrogens (tertiary/aromatic N) is 3. The Morgan fingerprint density at radius 3 is 2.54 bits per heavy atom. The monoisotopic (exact) mass is 376 g/mol. The van der Waals surface area contributed by atoms with Crippen LogP contribution in [-0.2, 0) is 22.3 Å². The molecule has 1 aromatic carbocycles. The Morgan fingerprint density at radius 2 is 1.88 bits per heavy atom. The molecule has 1 N–H and O–H groups in total. The van der Waals surface area contributed by atoms with E-state index in [4.69, 9.17) is 0 Å². The second-order valence-corrected chi connectivity index (χ2v) is 8.84. The molecule has 6 nitrogen and oxygen atoms in total. The highest BCUT2D eigenvalue weighted by Crippen LogP contribution is 2.20. The standard InChI is InChI=1S/C19H28N4O2S/c1-3-23-19(9-12-20-23)16(2)21-18-10-13-22(14-11-18)26(24,25)15-17-7-5-4-6-8-17/h4-9,12,16,18,21H,3,10-11,13-15H2,1-2H3. The van der Waals surface area contributed by atoms with Crippen LogP contribution in [0.1, 0.15) is 44.0 Å². The lowest BCUT2D eigenvalue weighted by molar-refractivity contribution is 0.274. The fourth-order valence-corrected chi connectivity index (χ4v) is 5.15. The zero-order valence-corrected chi connectivity index (χ0v) is 16.3. The van der Waals surface area contributed by atoms with Gasteiger partial charge in [-0.15, -0.1) is 0 Å². The molecule has 0 aliphatic carbocycles. The van der Waals surface area contributed by atoms with E-state index >= 15 is 0 Å². The van der Waals surface area contributed by atoms with Crippen LogP contribution >= 0.6 is 0 Å². The van der Waals surface area contributed by atoms with Crippen LogP contribution in [0.25, 0.3) is 0 Å². The predicted octanol–water partition coefficient (Wildman–Crippen LogP) is 2.55. The Morgan fingerprint density at radius 1 is 1.19 bits per heavy atom. The Hall–Kier alpha value is -1.70. The largest absolute Gasteiger partial charge is 0.306 e. The molecule has 0 amide bonds. The van der Waals surface area contributed by atoms with Gasteiger partial charge in [-0.25, -0.2) is 12.7 Å². The number of aromatic nitrogens is 2. The van der Waals surface area contributed by atoms with Crippen molar-refractivity contribution in [2.45, 2.75) is 51.1 Å². The SMILES string of the molecule is CCn1nccc1C(C)NC1CCN(S(=O)(=O)Cc2ccccc2)CC1. The average molecular weight is 377 g/mol. The smallest absolute Gasteiger partial charge is 0.218 e. The fraction of sp³-hybridized carbons (Fsp3) is 0.526. The van der Waals surface area contributed by atoms with E-state index in [0.717, 1.165) is 24.9 Å². The fourth-order valence-electron chi connectivity index (χ4n) is 3.59. The molecule has 1 aliphatic heterocycles. The van der Waals surface area contributed by atoms with E-state index in [1.807, 2.05) is 47.3 Å². The molecule has 142 valence electrons. The third-order valence-electron chi connectivity index (χ3n) is 5.02. The summed E-state index contributed by atoms with van der Waals surface area (Å²) in [6, 6.07) is 12.0. The molecule has 0 bridgehead atoms. The van der Waals surface area contributed by atoms with Gasteiger partial charge >= 0.3 is 0 Å². The van der Waals surface area contributed by atoms with E-state index in [1.54, 1.807) is 4.31 Å². The number of rotatable bonds is 7. The summed E-state index contributed by atoms with van der Waals surface area (Å²) in [5.74, 6) is 0.0814. The zero-order valence-electron chi connectivity index (χ0n) is 15.5. The molecular formula is C19H28N4O2S. The highest BCUT2D eigenvalue weighted by molar-refractivity contribution is 7.88. The maximum Gasteiger partial charge on any atom is 0.218 e. The summed E-state index contributed by atoms with van der Waals surface area (Å²) in [5.41, 5.74) is 2.01. The molecule has 1 fully saturated rings. The van der Waals surface area contributed by atoms with E-state index in [2.05, 4.69) is 24.3 Å². The van der Waals surface area contributed by atoms with Gasteiger partial charge in [0.05, 0.1) is 11.4 Å². The van der Waals surface area contributed by atoms with Crippen LogP contribution in [0.15, 0.2) is 42.6 Å². The lowest BCUT2D eigenvalue weighted by atomic mass is 10.0. The van der Waals surface area contributed by atoms with E-state index in [0.29, 0.717) is 19.1 Å². The summed E-state index contributed by atoms with van der Waals surface area (Å²) in [6.07, 6.45) is 3.49. The lowest BCUT2D eigenvalue weighted by Gasteiger charge is -2.33. The summed E-state index contributed by atoms with van der Waals surface area (Å²) in [5, 5.41) is 7.96. The summed E-state index contributed by atoms with van der Waals surface area (Å²) < 4.78 is 28.9. The van der Waals surface area contributed by atoms with Crippen molar-refractivity contribution in [2.24, 2.45) is 0 Å². The van der Waals surface area contributed by atoms with Gasteiger partial charge in [-0.1, -0.05) is 30.3 Å². The van der Waals surface area contributed by atoms with E-state index in [1.165, 1.54) is 5.69 Å². The van der Waals surface area contributed by atoms with Gasteiger partial charge in [-0.05, 0) is 38.3 Å². The van der Waals surface area contributed by atoms with Crippen LogP contribution in [0.5, 0.6) is 0 Å². The van der Waals surface area contributed by atoms with Crippen molar-refractivity contribution in [3.63, 3.8) is 0 Å². The molecule has 0 spiro atoms. The van der Waals surface area contributed by atoms with Crippen molar-refractivity contribution in [1.82, 2.24) is 19.4 Å². The topological polar surface area (TPSA) is 67.2 Å². The van der Waals surface area contributed by atoms with Crippen molar-refractivity contribution in [2.75, 3.05) is 13.1 Å². The quantitative estimate of drug-likeness (QED) is 0.806. The van der Waals surface area contributed by atoms with Gasteiger partial charge in [-0.2, -0.15) is 5.10 Å². The van der Waals surface area contributed by atoms with Crippen LogP contribution in [0.4, 0.5) is 0 Å². The molecule has 1 aliphatic rings. The first-order valence-electron chi connectivity index (χ1n) is 9.29. The van der Waals surface area contributed by atoms with Crippen LogP contribution in [-0.4, -0.2) is 41.6 Å². The van der Waals surface area contributed by atoms with Crippen LogP contribution < -0.4 is 5.32 Å². The molecule has 1 atom stereocenters. The maximum atomic E-state index is 12.6. The zero-order chi connectivity index (χ0) is 18.6. The minimum Gasteiger partial charge on any atom is -0.306 e. The second-order valence-electron chi connectivity index (χ2n) is 6.88. The van der Waals surface area contributed by atoms with Crippen LogP contribution in [0.2, 0.25) is 0 Å². The molecule has 2 heterocycles.